The fourth-order valence-corrected chi connectivity index (χ4v) is 3.93. The van der Waals surface area contributed by atoms with E-state index in [9.17, 15) is 17.6 Å². The van der Waals surface area contributed by atoms with Gasteiger partial charge in [-0.25, -0.2) is 17.6 Å². The molecule has 2 aromatic rings. The minimum absolute atomic E-state index is 0.0914. The number of thioether (sulfide) groups is 1. The van der Waals surface area contributed by atoms with E-state index in [2.05, 4.69) is 9.82 Å². The van der Waals surface area contributed by atoms with Crippen molar-refractivity contribution >= 4 is 27.5 Å². The molecule has 0 saturated heterocycles. The minimum atomic E-state index is -3.67. The van der Waals surface area contributed by atoms with Crippen LogP contribution in [0.5, 0.6) is 0 Å². The highest BCUT2D eigenvalue weighted by Gasteiger charge is 2.22. The maximum Gasteiger partial charge on any atom is 0.351 e. The fraction of sp³-hybridized carbons (Fsp3) is 0.357. The van der Waals surface area contributed by atoms with E-state index in [4.69, 9.17) is 5.26 Å². The van der Waals surface area contributed by atoms with Gasteiger partial charge in [0.1, 0.15) is 11.8 Å². The Kier molecular flexibility index (Phi) is 4.57. The van der Waals surface area contributed by atoms with Crippen LogP contribution in [0.25, 0.3) is 5.69 Å². The summed E-state index contributed by atoms with van der Waals surface area (Å²) in [5.41, 5.74) is -0.980. The van der Waals surface area contributed by atoms with Crippen LogP contribution < -0.4 is 10.4 Å². The molecular formula is C14H14FN5O3S2. The van der Waals surface area contributed by atoms with Crippen molar-refractivity contribution in [2.45, 2.75) is 25.0 Å². The SMILES string of the molecule is CCS(=O)(=O)Nc1cc(-n2nc3n(c2=O)CCCS3)c(F)cc1C#N. The van der Waals surface area contributed by atoms with E-state index in [1.807, 2.05) is 0 Å². The van der Waals surface area contributed by atoms with Crippen molar-refractivity contribution in [2.24, 2.45) is 0 Å². The zero-order valence-electron chi connectivity index (χ0n) is 13.2. The third-order valence-corrected chi connectivity index (χ3v) is 6.01. The second kappa shape index (κ2) is 6.53. The summed E-state index contributed by atoms with van der Waals surface area (Å²) in [5.74, 6) is -0.230. The molecule has 0 amide bonds. The quantitative estimate of drug-likeness (QED) is 0.852. The number of rotatable bonds is 4. The molecule has 8 nitrogen and oxygen atoms in total. The smallest absolute Gasteiger partial charge is 0.282 e. The first kappa shape index (κ1) is 17.5. The van der Waals surface area contributed by atoms with E-state index in [1.54, 1.807) is 6.07 Å². The van der Waals surface area contributed by atoms with Gasteiger partial charge in [0.25, 0.3) is 0 Å². The van der Waals surface area contributed by atoms with Crippen molar-refractivity contribution in [3.8, 4) is 11.8 Å². The van der Waals surface area contributed by atoms with E-state index in [1.165, 1.54) is 23.3 Å². The number of halogens is 1. The molecule has 2 heterocycles. The van der Waals surface area contributed by atoms with Gasteiger partial charge < -0.3 is 0 Å². The number of fused-ring (bicyclic) bond motifs is 1. The Morgan fingerprint density at radius 2 is 2.24 bits per heavy atom. The molecule has 1 N–H and O–H groups in total. The van der Waals surface area contributed by atoms with Crippen LogP contribution in [0.15, 0.2) is 22.1 Å². The van der Waals surface area contributed by atoms with E-state index in [-0.39, 0.29) is 22.7 Å². The molecule has 1 aliphatic rings. The lowest BCUT2D eigenvalue weighted by Crippen LogP contribution is -2.26. The minimum Gasteiger partial charge on any atom is -0.282 e. The summed E-state index contributed by atoms with van der Waals surface area (Å²) in [6.07, 6.45) is 0.806. The van der Waals surface area contributed by atoms with Gasteiger partial charge >= 0.3 is 5.69 Å². The van der Waals surface area contributed by atoms with Gasteiger partial charge in [0.15, 0.2) is 11.0 Å². The molecule has 25 heavy (non-hydrogen) atoms. The number of sulfonamides is 1. The Morgan fingerprint density at radius 1 is 1.48 bits per heavy atom. The average molecular weight is 383 g/mol. The van der Waals surface area contributed by atoms with Gasteiger partial charge in [0.05, 0.1) is 17.0 Å². The van der Waals surface area contributed by atoms with Crippen LogP contribution in [0.1, 0.15) is 18.9 Å². The largest absolute Gasteiger partial charge is 0.351 e. The number of nitrogens with zero attached hydrogens (tertiary/aromatic N) is 4. The maximum atomic E-state index is 14.4. The van der Waals surface area contributed by atoms with Crippen molar-refractivity contribution in [1.29, 1.82) is 5.26 Å². The lowest BCUT2D eigenvalue weighted by Gasteiger charge is -2.10. The molecule has 0 atom stereocenters. The monoisotopic (exact) mass is 383 g/mol. The second-order valence-corrected chi connectivity index (χ2v) is 8.37. The molecule has 0 radical (unpaired) electrons. The molecular weight excluding hydrogens is 369 g/mol. The average Bonchev–Trinajstić information content (AvgIpc) is 2.93. The summed E-state index contributed by atoms with van der Waals surface area (Å²) in [4.78, 5) is 12.5. The summed E-state index contributed by atoms with van der Waals surface area (Å²) >= 11 is 1.39. The van der Waals surface area contributed by atoms with Crippen molar-refractivity contribution in [3.05, 3.63) is 34.0 Å². The van der Waals surface area contributed by atoms with Crippen LogP contribution >= 0.6 is 11.8 Å². The lowest BCUT2D eigenvalue weighted by molar-refractivity contribution is 0.587. The van der Waals surface area contributed by atoms with Gasteiger partial charge in [-0.15, -0.1) is 5.10 Å². The number of benzene rings is 1. The Morgan fingerprint density at radius 3 is 2.88 bits per heavy atom. The topological polar surface area (TPSA) is 110 Å². The summed E-state index contributed by atoms with van der Waals surface area (Å²) in [7, 11) is -3.67. The third-order valence-electron chi connectivity index (χ3n) is 3.67. The van der Waals surface area contributed by atoms with Crippen LogP contribution in [0.4, 0.5) is 10.1 Å². The standard InChI is InChI=1S/C14H14FN5O3S2/c1-2-25(22,23)18-11-7-12(10(15)6-9(11)8-16)20-14(21)19-4-3-5-24-13(19)17-20/h6-7,18H,2-5H2,1H3. The van der Waals surface area contributed by atoms with Gasteiger partial charge in [-0.3, -0.25) is 9.29 Å². The van der Waals surface area contributed by atoms with Crippen LogP contribution in [0.2, 0.25) is 0 Å². The summed E-state index contributed by atoms with van der Waals surface area (Å²) < 4.78 is 42.6. The molecule has 0 aliphatic carbocycles. The number of hydrogen-bond donors (Lipinski definition) is 1. The van der Waals surface area contributed by atoms with E-state index >= 15 is 0 Å². The normalized spacial score (nSPS) is 14.0. The number of hydrogen-bond acceptors (Lipinski definition) is 6. The number of nitrogens with one attached hydrogen (secondary N) is 1. The molecule has 3 rings (SSSR count). The number of anilines is 1. The Labute approximate surface area is 147 Å². The molecule has 1 aromatic heterocycles. The van der Waals surface area contributed by atoms with Crippen molar-refractivity contribution in [2.75, 3.05) is 16.2 Å². The maximum absolute atomic E-state index is 14.4. The Hall–Kier alpha value is -2.32. The van der Waals surface area contributed by atoms with Crippen molar-refractivity contribution < 1.29 is 12.8 Å². The highest BCUT2D eigenvalue weighted by Crippen LogP contribution is 2.25. The Balaban J connectivity index is 2.16. The van der Waals surface area contributed by atoms with Gasteiger partial charge in [0, 0.05) is 12.3 Å². The molecule has 1 aliphatic heterocycles. The molecule has 0 saturated carbocycles. The van der Waals surface area contributed by atoms with Gasteiger partial charge in [-0.2, -0.15) is 9.94 Å². The highest BCUT2D eigenvalue weighted by molar-refractivity contribution is 7.99. The molecule has 0 bridgehead atoms. The van der Waals surface area contributed by atoms with Crippen LogP contribution in [-0.2, 0) is 16.6 Å². The molecule has 11 heteroatoms. The zero-order chi connectivity index (χ0) is 18.2. The zero-order valence-corrected chi connectivity index (χ0v) is 14.8. The van der Waals surface area contributed by atoms with Crippen molar-refractivity contribution in [1.82, 2.24) is 14.3 Å². The molecule has 132 valence electrons. The predicted octanol–water partition coefficient (Wildman–Crippen LogP) is 1.30. The van der Waals surface area contributed by atoms with E-state index in [0.717, 1.165) is 29.0 Å². The summed E-state index contributed by atoms with van der Waals surface area (Å²) in [5, 5.41) is 13.7. The van der Waals surface area contributed by atoms with Crippen LogP contribution in [0, 0.1) is 17.1 Å². The van der Waals surface area contributed by atoms with Gasteiger partial charge in [-0.1, -0.05) is 11.8 Å². The Bertz CT molecular complexity index is 1040. The number of aromatic nitrogens is 3. The van der Waals surface area contributed by atoms with E-state index in [0.29, 0.717) is 11.7 Å². The van der Waals surface area contributed by atoms with Crippen LogP contribution in [0.3, 0.4) is 0 Å². The second-order valence-electron chi connectivity index (χ2n) is 5.30. The number of nitriles is 1. The first-order chi connectivity index (χ1) is 11.9. The van der Waals surface area contributed by atoms with Gasteiger partial charge in [0.2, 0.25) is 10.0 Å². The van der Waals surface area contributed by atoms with Crippen molar-refractivity contribution in [3.63, 3.8) is 0 Å². The first-order valence-corrected chi connectivity index (χ1v) is 10.1. The fourth-order valence-electron chi connectivity index (χ4n) is 2.36. The van der Waals surface area contributed by atoms with E-state index < -0.39 is 21.5 Å². The van der Waals surface area contributed by atoms with Gasteiger partial charge in [-0.05, 0) is 25.5 Å². The lowest BCUT2D eigenvalue weighted by atomic mass is 10.1. The molecule has 0 unspecified atom stereocenters. The first-order valence-electron chi connectivity index (χ1n) is 7.43. The predicted molar refractivity (Wildman–Crippen MR) is 90.9 cm³/mol. The molecule has 0 spiro atoms. The molecule has 1 aromatic carbocycles. The molecule has 0 fully saturated rings. The summed E-state index contributed by atoms with van der Waals surface area (Å²) in [6.45, 7) is 1.93. The summed E-state index contributed by atoms with van der Waals surface area (Å²) in [6, 6.07) is 3.75. The van der Waals surface area contributed by atoms with Crippen LogP contribution in [-0.4, -0.2) is 34.3 Å². The highest BCUT2D eigenvalue weighted by atomic mass is 32.2. The third kappa shape index (κ3) is 3.27.